The number of fused-ring (bicyclic) bond motifs is 1. The minimum atomic E-state index is -0.747. The molecule has 2 aromatic heterocycles. The quantitative estimate of drug-likeness (QED) is 0.688. The Balaban J connectivity index is 2.05. The molecule has 28 heavy (non-hydrogen) atoms. The topological polar surface area (TPSA) is 86.1 Å². The summed E-state index contributed by atoms with van der Waals surface area (Å²) in [6.07, 6.45) is 0. The van der Waals surface area contributed by atoms with E-state index in [9.17, 15) is 9.59 Å². The molecule has 1 aromatic carbocycles. The van der Waals surface area contributed by atoms with Crippen LogP contribution in [0.3, 0.4) is 0 Å². The van der Waals surface area contributed by atoms with E-state index >= 15 is 0 Å². The molecule has 3 aromatic rings. The van der Waals surface area contributed by atoms with Crippen molar-refractivity contribution >= 4 is 22.9 Å². The number of aryl methyl sites for hydroxylation is 3. The Morgan fingerprint density at radius 2 is 1.86 bits per heavy atom. The van der Waals surface area contributed by atoms with E-state index in [1.807, 2.05) is 45.0 Å². The molecule has 0 aliphatic heterocycles. The van der Waals surface area contributed by atoms with Crippen LogP contribution < -0.4 is 5.32 Å². The van der Waals surface area contributed by atoms with Crippen LogP contribution in [0.25, 0.3) is 16.7 Å². The number of benzene rings is 1. The molecular weight excluding hydrogens is 356 g/mol. The van der Waals surface area contributed by atoms with Crippen LogP contribution in [0, 0.1) is 20.8 Å². The number of amides is 1. The van der Waals surface area contributed by atoms with Gasteiger partial charge in [-0.2, -0.15) is 5.10 Å². The van der Waals surface area contributed by atoms with E-state index in [0.717, 1.165) is 11.3 Å². The number of carbonyl (C=O) groups is 2. The third-order valence-electron chi connectivity index (χ3n) is 4.45. The number of pyridine rings is 1. The monoisotopic (exact) mass is 380 g/mol. The summed E-state index contributed by atoms with van der Waals surface area (Å²) in [5.74, 6) is -0.826. The van der Waals surface area contributed by atoms with E-state index in [1.54, 1.807) is 24.6 Å². The second-order valence-electron chi connectivity index (χ2n) is 6.79. The second kappa shape index (κ2) is 7.80. The summed E-state index contributed by atoms with van der Waals surface area (Å²) in [4.78, 5) is 29.4. The lowest BCUT2D eigenvalue weighted by molar-refractivity contribution is -0.144. The molecule has 1 N–H and O–H groups in total. The lowest BCUT2D eigenvalue weighted by atomic mass is 10.1. The lowest BCUT2D eigenvalue weighted by Crippen LogP contribution is -2.39. The minimum absolute atomic E-state index is 0.264. The first kappa shape index (κ1) is 19.5. The lowest BCUT2D eigenvalue weighted by Gasteiger charge is -2.13. The van der Waals surface area contributed by atoms with Crippen molar-refractivity contribution in [2.45, 2.75) is 40.7 Å². The van der Waals surface area contributed by atoms with Gasteiger partial charge in [-0.05, 0) is 52.8 Å². The Morgan fingerprint density at radius 1 is 1.18 bits per heavy atom. The third-order valence-corrected chi connectivity index (χ3v) is 4.45. The van der Waals surface area contributed by atoms with Crippen LogP contribution in [-0.4, -0.2) is 39.3 Å². The van der Waals surface area contributed by atoms with E-state index in [0.29, 0.717) is 28.0 Å². The van der Waals surface area contributed by atoms with Gasteiger partial charge in [-0.25, -0.2) is 14.5 Å². The maximum absolute atomic E-state index is 12.9. The molecule has 0 saturated carbocycles. The van der Waals surface area contributed by atoms with Crippen LogP contribution >= 0.6 is 0 Å². The van der Waals surface area contributed by atoms with Crippen LogP contribution in [0.1, 0.15) is 41.2 Å². The van der Waals surface area contributed by atoms with Crippen LogP contribution in [-0.2, 0) is 9.53 Å². The normalized spacial score (nSPS) is 12.0. The average molecular weight is 380 g/mol. The van der Waals surface area contributed by atoms with Crippen molar-refractivity contribution < 1.29 is 14.3 Å². The molecule has 2 heterocycles. The summed E-state index contributed by atoms with van der Waals surface area (Å²) in [5, 5.41) is 7.97. The Hall–Kier alpha value is -3.22. The van der Waals surface area contributed by atoms with Gasteiger partial charge in [0.05, 0.1) is 28.9 Å². The number of esters is 1. The minimum Gasteiger partial charge on any atom is -0.464 e. The van der Waals surface area contributed by atoms with Gasteiger partial charge < -0.3 is 10.1 Å². The van der Waals surface area contributed by atoms with Crippen LogP contribution in [0.5, 0.6) is 0 Å². The molecule has 7 heteroatoms. The smallest absolute Gasteiger partial charge is 0.328 e. The van der Waals surface area contributed by atoms with Gasteiger partial charge in [0.25, 0.3) is 5.91 Å². The third kappa shape index (κ3) is 3.74. The van der Waals surface area contributed by atoms with Crippen LogP contribution in [0.4, 0.5) is 0 Å². The number of ether oxygens (including phenoxy) is 1. The Morgan fingerprint density at radius 3 is 2.50 bits per heavy atom. The van der Waals surface area contributed by atoms with Gasteiger partial charge in [-0.3, -0.25) is 4.79 Å². The number of hydrogen-bond acceptors (Lipinski definition) is 5. The van der Waals surface area contributed by atoms with Crippen molar-refractivity contribution in [1.29, 1.82) is 0 Å². The molecule has 146 valence electrons. The summed E-state index contributed by atoms with van der Waals surface area (Å²) in [6.45, 7) is 9.28. The SMILES string of the molecule is CCOC(=O)[C@@H](C)NC(=O)c1cc(C)nc2c1c(C)nn2-c1ccc(C)cc1. The molecule has 0 spiro atoms. The molecule has 0 saturated heterocycles. The van der Waals surface area contributed by atoms with Gasteiger partial charge in [-0.1, -0.05) is 17.7 Å². The number of rotatable bonds is 5. The number of nitrogens with one attached hydrogen (secondary N) is 1. The van der Waals surface area contributed by atoms with Crippen molar-refractivity contribution in [3.8, 4) is 5.69 Å². The summed E-state index contributed by atoms with van der Waals surface area (Å²) in [5.41, 5.74) is 4.44. The molecule has 1 amide bonds. The molecule has 0 fully saturated rings. The van der Waals surface area contributed by atoms with Crippen molar-refractivity contribution in [2.75, 3.05) is 6.61 Å². The summed E-state index contributed by atoms with van der Waals surface area (Å²) in [6, 6.07) is 8.90. The zero-order valence-electron chi connectivity index (χ0n) is 16.7. The molecule has 3 rings (SSSR count). The number of aromatic nitrogens is 3. The number of hydrogen-bond donors (Lipinski definition) is 1. The molecule has 0 unspecified atom stereocenters. The molecule has 0 aliphatic rings. The second-order valence-corrected chi connectivity index (χ2v) is 6.79. The maximum atomic E-state index is 12.9. The zero-order chi connectivity index (χ0) is 20.4. The standard InChI is InChI=1S/C21H24N4O3/c1-6-28-21(27)15(5)23-20(26)17-11-13(3)22-19-18(17)14(4)24-25(19)16-9-7-12(2)8-10-16/h7-11,15H,6H2,1-5H3,(H,23,26)/t15-/m1/s1. The molecule has 1 atom stereocenters. The van der Waals surface area contributed by atoms with Gasteiger partial charge in [0.1, 0.15) is 6.04 Å². The van der Waals surface area contributed by atoms with E-state index < -0.39 is 12.0 Å². The molecule has 0 aliphatic carbocycles. The Labute approximate surface area is 163 Å². The summed E-state index contributed by atoms with van der Waals surface area (Å²) in [7, 11) is 0. The molecule has 7 nitrogen and oxygen atoms in total. The molecule has 0 bridgehead atoms. The number of nitrogens with zero attached hydrogens (tertiary/aromatic N) is 3. The van der Waals surface area contributed by atoms with Crippen molar-refractivity contribution in [3.63, 3.8) is 0 Å². The van der Waals surface area contributed by atoms with Gasteiger partial charge in [0.15, 0.2) is 5.65 Å². The fourth-order valence-corrected chi connectivity index (χ4v) is 3.06. The van der Waals surface area contributed by atoms with E-state index in [1.165, 1.54) is 0 Å². The first-order chi connectivity index (χ1) is 13.3. The summed E-state index contributed by atoms with van der Waals surface area (Å²) < 4.78 is 6.70. The highest BCUT2D eigenvalue weighted by Gasteiger charge is 2.23. The molecule has 0 radical (unpaired) electrons. The van der Waals surface area contributed by atoms with Gasteiger partial charge in [0.2, 0.25) is 0 Å². The Bertz CT molecular complexity index is 1040. The first-order valence-corrected chi connectivity index (χ1v) is 9.23. The van der Waals surface area contributed by atoms with E-state index in [-0.39, 0.29) is 12.5 Å². The van der Waals surface area contributed by atoms with Gasteiger partial charge in [0, 0.05) is 5.69 Å². The van der Waals surface area contributed by atoms with Crippen molar-refractivity contribution in [2.24, 2.45) is 0 Å². The van der Waals surface area contributed by atoms with Crippen molar-refractivity contribution in [1.82, 2.24) is 20.1 Å². The highest BCUT2D eigenvalue weighted by atomic mass is 16.5. The van der Waals surface area contributed by atoms with Gasteiger partial charge >= 0.3 is 5.97 Å². The first-order valence-electron chi connectivity index (χ1n) is 9.23. The zero-order valence-corrected chi connectivity index (χ0v) is 16.7. The Kier molecular flexibility index (Phi) is 5.44. The highest BCUT2D eigenvalue weighted by molar-refractivity contribution is 6.07. The maximum Gasteiger partial charge on any atom is 0.328 e. The average Bonchev–Trinajstić information content (AvgIpc) is 2.98. The predicted molar refractivity (Wildman–Crippen MR) is 107 cm³/mol. The fraction of sp³-hybridized carbons (Fsp3) is 0.333. The largest absolute Gasteiger partial charge is 0.464 e. The number of carbonyl (C=O) groups excluding carboxylic acids is 2. The van der Waals surface area contributed by atoms with Crippen LogP contribution in [0.15, 0.2) is 30.3 Å². The van der Waals surface area contributed by atoms with Crippen molar-refractivity contribution in [3.05, 3.63) is 52.8 Å². The fourth-order valence-electron chi connectivity index (χ4n) is 3.06. The van der Waals surface area contributed by atoms with E-state index in [4.69, 9.17) is 4.74 Å². The van der Waals surface area contributed by atoms with E-state index in [2.05, 4.69) is 15.4 Å². The highest BCUT2D eigenvalue weighted by Crippen LogP contribution is 2.25. The predicted octanol–water partition coefficient (Wildman–Crippen LogP) is 3.03. The summed E-state index contributed by atoms with van der Waals surface area (Å²) >= 11 is 0. The molecular formula is C21H24N4O3. The van der Waals surface area contributed by atoms with Gasteiger partial charge in [-0.15, -0.1) is 0 Å². The van der Waals surface area contributed by atoms with Crippen LogP contribution in [0.2, 0.25) is 0 Å².